The molecule has 0 radical (unpaired) electrons. The molecule has 0 aromatic rings. The second-order valence-electron chi connectivity index (χ2n) is 4.97. The second kappa shape index (κ2) is 2.90. The molecule has 1 atom stereocenters. The van der Waals surface area contributed by atoms with Crippen LogP contribution in [0.2, 0.25) is 0 Å². The number of alkyl halides is 1. The highest BCUT2D eigenvalue weighted by atomic mass is 127. The Morgan fingerprint density at radius 1 is 1.18 bits per heavy atom. The van der Waals surface area contributed by atoms with E-state index in [1.54, 1.807) is 0 Å². The van der Waals surface area contributed by atoms with E-state index in [1.807, 2.05) is 0 Å². The van der Waals surface area contributed by atoms with Crippen molar-refractivity contribution in [2.75, 3.05) is 0 Å². The molecule has 11 heavy (non-hydrogen) atoms. The van der Waals surface area contributed by atoms with Gasteiger partial charge in [-0.1, -0.05) is 56.7 Å². The van der Waals surface area contributed by atoms with Crippen molar-refractivity contribution in [2.24, 2.45) is 10.8 Å². The summed E-state index contributed by atoms with van der Waals surface area (Å²) in [5, 5.41) is 0. The summed E-state index contributed by atoms with van der Waals surface area (Å²) in [7, 11) is 0. The van der Waals surface area contributed by atoms with Gasteiger partial charge in [-0.25, -0.2) is 0 Å². The zero-order chi connectivity index (χ0) is 8.70. The van der Waals surface area contributed by atoms with Crippen molar-refractivity contribution in [2.45, 2.75) is 50.9 Å². The molecule has 66 valence electrons. The Labute approximate surface area is 84.3 Å². The van der Waals surface area contributed by atoms with E-state index in [4.69, 9.17) is 0 Å². The van der Waals surface area contributed by atoms with E-state index in [0.717, 1.165) is 3.92 Å². The van der Waals surface area contributed by atoms with Crippen molar-refractivity contribution in [3.8, 4) is 0 Å². The Kier molecular flexibility index (Phi) is 2.58. The van der Waals surface area contributed by atoms with E-state index in [2.05, 4.69) is 50.3 Å². The standard InChI is InChI=1S/C10H19I/c1-9(2)7-5-6-8(11)10(9,3)4/h8H,5-7H2,1-4H3/t8-/m0/s1. The SMILES string of the molecule is CC1(C)CCC[C@H](I)C1(C)C. The average molecular weight is 266 g/mol. The Morgan fingerprint density at radius 2 is 1.73 bits per heavy atom. The zero-order valence-corrected chi connectivity index (χ0v) is 10.2. The molecule has 0 aliphatic heterocycles. The van der Waals surface area contributed by atoms with Crippen molar-refractivity contribution in [1.29, 1.82) is 0 Å². The summed E-state index contributed by atoms with van der Waals surface area (Å²) in [5.41, 5.74) is 1.06. The maximum Gasteiger partial charge on any atom is 0.0166 e. The summed E-state index contributed by atoms with van der Waals surface area (Å²) in [6, 6.07) is 0. The fourth-order valence-corrected chi connectivity index (χ4v) is 3.11. The van der Waals surface area contributed by atoms with Crippen molar-refractivity contribution in [3.63, 3.8) is 0 Å². The van der Waals surface area contributed by atoms with Gasteiger partial charge in [-0.05, 0) is 23.7 Å². The van der Waals surface area contributed by atoms with Crippen molar-refractivity contribution >= 4 is 22.6 Å². The first-order valence-electron chi connectivity index (χ1n) is 4.52. The van der Waals surface area contributed by atoms with Crippen LogP contribution >= 0.6 is 22.6 Å². The molecule has 0 spiro atoms. The third-order valence-corrected chi connectivity index (χ3v) is 5.97. The van der Waals surface area contributed by atoms with E-state index < -0.39 is 0 Å². The van der Waals surface area contributed by atoms with Gasteiger partial charge in [0.05, 0.1) is 0 Å². The predicted octanol–water partition coefficient (Wildman–Crippen LogP) is 4.03. The number of hydrogen-bond acceptors (Lipinski definition) is 0. The summed E-state index contributed by atoms with van der Waals surface area (Å²) >= 11 is 2.62. The summed E-state index contributed by atoms with van der Waals surface area (Å²) in [5.74, 6) is 0. The molecule has 0 heterocycles. The summed E-state index contributed by atoms with van der Waals surface area (Å²) in [6.07, 6.45) is 4.24. The fourth-order valence-electron chi connectivity index (χ4n) is 1.83. The number of hydrogen-bond donors (Lipinski definition) is 0. The van der Waals surface area contributed by atoms with Crippen LogP contribution in [0.1, 0.15) is 47.0 Å². The van der Waals surface area contributed by atoms with Gasteiger partial charge in [0.2, 0.25) is 0 Å². The molecule has 1 rings (SSSR count). The largest absolute Gasteiger partial charge is 0.0820 e. The first-order valence-corrected chi connectivity index (χ1v) is 5.76. The summed E-state index contributed by atoms with van der Waals surface area (Å²) in [4.78, 5) is 0. The number of rotatable bonds is 0. The Balaban J connectivity index is 2.82. The smallest absolute Gasteiger partial charge is 0.0166 e. The lowest BCUT2D eigenvalue weighted by Crippen LogP contribution is -2.43. The summed E-state index contributed by atoms with van der Waals surface area (Å²) < 4.78 is 0.865. The van der Waals surface area contributed by atoms with Gasteiger partial charge in [0.25, 0.3) is 0 Å². The normalized spacial score (nSPS) is 35.2. The molecular formula is C10H19I. The summed E-state index contributed by atoms with van der Waals surface area (Å²) in [6.45, 7) is 9.67. The van der Waals surface area contributed by atoms with Crippen LogP contribution in [0.3, 0.4) is 0 Å². The minimum Gasteiger partial charge on any atom is -0.0820 e. The van der Waals surface area contributed by atoms with Crippen LogP contribution in [0.5, 0.6) is 0 Å². The third kappa shape index (κ3) is 1.58. The van der Waals surface area contributed by atoms with Crippen LogP contribution in [0.15, 0.2) is 0 Å². The lowest BCUT2D eigenvalue weighted by atomic mass is 9.60. The van der Waals surface area contributed by atoms with Crippen LogP contribution in [-0.2, 0) is 0 Å². The van der Waals surface area contributed by atoms with E-state index in [9.17, 15) is 0 Å². The molecule has 0 amide bonds. The van der Waals surface area contributed by atoms with Gasteiger partial charge < -0.3 is 0 Å². The number of halogens is 1. The van der Waals surface area contributed by atoms with Crippen molar-refractivity contribution in [1.82, 2.24) is 0 Å². The zero-order valence-electron chi connectivity index (χ0n) is 8.08. The molecule has 1 saturated carbocycles. The molecule has 0 aromatic heterocycles. The molecule has 0 nitrogen and oxygen atoms in total. The van der Waals surface area contributed by atoms with Gasteiger partial charge in [-0.15, -0.1) is 0 Å². The van der Waals surface area contributed by atoms with Crippen LogP contribution in [0.4, 0.5) is 0 Å². The Hall–Kier alpha value is 0.730. The topological polar surface area (TPSA) is 0 Å². The molecule has 0 unspecified atom stereocenters. The minimum atomic E-state index is 0.520. The van der Waals surface area contributed by atoms with Gasteiger partial charge in [0.15, 0.2) is 0 Å². The Bertz CT molecular complexity index is 147. The minimum absolute atomic E-state index is 0.520. The van der Waals surface area contributed by atoms with Gasteiger partial charge in [-0.2, -0.15) is 0 Å². The van der Waals surface area contributed by atoms with Gasteiger partial charge in [-0.3, -0.25) is 0 Å². The molecule has 1 aliphatic rings. The van der Waals surface area contributed by atoms with Gasteiger partial charge >= 0.3 is 0 Å². The van der Waals surface area contributed by atoms with Crippen LogP contribution in [-0.4, -0.2) is 3.92 Å². The third-order valence-electron chi connectivity index (χ3n) is 3.79. The molecule has 0 saturated heterocycles. The average Bonchev–Trinajstić information content (AvgIpc) is 1.84. The van der Waals surface area contributed by atoms with Gasteiger partial charge in [0.1, 0.15) is 0 Å². The van der Waals surface area contributed by atoms with E-state index in [-0.39, 0.29) is 0 Å². The maximum absolute atomic E-state index is 2.62. The first kappa shape index (κ1) is 9.82. The molecular weight excluding hydrogens is 247 g/mol. The lowest BCUT2D eigenvalue weighted by Gasteiger charge is -2.49. The fraction of sp³-hybridized carbons (Fsp3) is 1.00. The molecule has 0 N–H and O–H groups in total. The first-order chi connectivity index (χ1) is 4.88. The highest BCUT2D eigenvalue weighted by molar-refractivity contribution is 14.1. The molecule has 0 bridgehead atoms. The Morgan fingerprint density at radius 3 is 2.09 bits per heavy atom. The quantitative estimate of drug-likeness (QED) is 0.458. The van der Waals surface area contributed by atoms with Crippen LogP contribution < -0.4 is 0 Å². The van der Waals surface area contributed by atoms with E-state index in [1.165, 1.54) is 19.3 Å². The van der Waals surface area contributed by atoms with Crippen molar-refractivity contribution < 1.29 is 0 Å². The van der Waals surface area contributed by atoms with Crippen LogP contribution in [0, 0.1) is 10.8 Å². The molecule has 0 aromatic carbocycles. The van der Waals surface area contributed by atoms with Gasteiger partial charge in [0, 0.05) is 3.92 Å². The van der Waals surface area contributed by atoms with E-state index in [0.29, 0.717) is 10.8 Å². The highest BCUT2D eigenvalue weighted by Crippen LogP contribution is 2.52. The highest BCUT2D eigenvalue weighted by Gasteiger charge is 2.44. The molecule has 1 aliphatic carbocycles. The predicted molar refractivity (Wildman–Crippen MR) is 59.2 cm³/mol. The van der Waals surface area contributed by atoms with Crippen molar-refractivity contribution in [3.05, 3.63) is 0 Å². The van der Waals surface area contributed by atoms with E-state index >= 15 is 0 Å². The molecule has 1 fully saturated rings. The monoisotopic (exact) mass is 266 g/mol. The maximum atomic E-state index is 2.62. The molecule has 1 heteroatoms. The lowest BCUT2D eigenvalue weighted by molar-refractivity contribution is 0.0650. The van der Waals surface area contributed by atoms with Crippen LogP contribution in [0.25, 0.3) is 0 Å². The second-order valence-corrected chi connectivity index (χ2v) is 6.47.